The first-order valence-corrected chi connectivity index (χ1v) is 7.92. The highest BCUT2D eigenvalue weighted by molar-refractivity contribution is 6.18. The van der Waals surface area contributed by atoms with Crippen LogP contribution in [0.25, 0.3) is 21.8 Å². The van der Waals surface area contributed by atoms with Gasteiger partial charge in [0, 0.05) is 11.6 Å². The lowest BCUT2D eigenvalue weighted by Crippen LogP contribution is -2.03. The lowest BCUT2D eigenvalue weighted by Gasteiger charge is -2.07. The van der Waals surface area contributed by atoms with Crippen LogP contribution in [0.2, 0.25) is 0 Å². The van der Waals surface area contributed by atoms with Crippen LogP contribution in [0, 0.1) is 0 Å². The maximum atomic E-state index is 12.2. The molecule has 0 saturated carbocycles. The fraction of sp³-hybridized carbons (Fsp3) is 0.100. The number of hydrogen-bond donors (Lipinski definition) is 1. The highest BCUT2D eigenvalue weighted by Crippen LogP contribution is 2.37. The van der Waals surface area contributed by atoms with Crippen molar-refractivity contribution in [1.82, 2.24) is 9.55 Å². The van der Waals surface area contributed by atoms with Crippen molar-refractivity contribution in [3.8, 4) is 5.75 Å². The van der Waals surface area contributed by atoms with Gasteiger partial charge in [-0.3, -0.25) is 4.98 Å². The van der Waals surface area contributed by atoms with Gasteiger partial charge in [-0.2, -0.15) is 0 Å². The van der Waals surface area contributed by atoms with E-state index in [-0.39, 0.29) is 5.75 Å². The number of phenolic OH excluding ortho intramolecular Hbond substituents is 1. The van der Waals surface area contributed by atoms with E-state index in [0.29, 0.717) is 22.9 Å². The quantitative estimate of drug-likeness (QED) is 0.581. The number of aromatic hydroxyl groups is 1. The molecule has 4 aromatic rings. The minimum Gasteiger partial charge on any atom is -0.507 e. The standard InChI is InChI=1S/C20H16N2O3/c1-25-20(24)14-7-4-8-15-18(14)19-16(9-5-10-17(19)23)22(15)12-13-6-2-3-11-21-13/h2-11,23H,12H2,1H3. The first kappa shape index (κ1) is 15.2. The molecular formula is C20H16N2O3. The van der Waals surface area contributed by atoms with Crippen molar-refractivity contribution in [2.75, 3.05) is 7.11 Å². The van der Waals surface area contributed by atoms with Crippen LogP contribution in [-0.2, 0) is 11.3 Å². The van der Waals surface area contributed by atoms with Crippen LogP contribution >= 0.6 is 0 Å². The number of carbonyl (C=O) groups is 1. The summed E-state index contributed by atoms with van der Waals surface area (Å²) in [6, 6.07) is 16.6. The summed E-state index contributed by atoms with van der Waals surface area (Å²) in [6.45, 7) is 0.537. The molecule has 0 aliphatic carbocycles. The van der Waals surface area contributed by atoms with E-state index < -0.39 is 5.97 Å². The zero-order valence-corrected chi connectivity index (χ0v) is 13.6. The molecule has 25 heavy (non-hydrogen) atoms. The van der Waals surface area contributed by atoms with Gasteiger partial charge in [-0.15, -0.1) is 0 Å². The minimum absolute atomic E-state index is 0.138. The Labute approximate surface area is 144 Å². The number of aromatic nitrogens is 2. The van der Waals surface area contributed by atoms with E-state index in [1.165, 1.54) is 7.11 Å². The lowest BCUT2D eigenvalue weighted by molar-refractivity contribution is 0.0603. The van der Waals surface area contributed by atoms with Crippen LogP contribution in [0.15, 0.2) is 60.8 Å². The molecule has 0 aliphatic heterocycles. The Balaban J connectivity index is 2.08. The highest BCUT2D eigenvalue weighted by atomic mass is 16.5. The van der Waals surface area contributed by atoms with Gasteiger partial charge in [-0.25, -0.2) is 4.79 Å². The van der Waals surface area contributed by atoms with E-state index in [4.69, 9.17) is 4.74 Å². The van der Waals surface area contributed by atoms with E-state index in [2.05, 4.69) is 9.55 Å². The molecule has 0 spiro atoms. The molecule has 2 aromatic heterocycles. The minimum atomic E-state index is -0.425. The molecule has 0 radical (unpaired) electrons. The SMILES string of the molecule is COC(=O)c1cccc2c1c1c(O)cccc1n2Cc1ccccn1. The van der Waals surface area contributed by atoms with Gasteiger partial charge in [0.25, 0.3) is 0 Å². The molecule has 0 fully saturated rings. The largest absolute Gasteiger partial charge is 0.507 e. The summed E-state index contributed by atoms with van der Waals surface area (Å²) >= 11 is 0. The predicted molar refractivity (Wildman–Crippen MR) is 95.8 cm³/mol. The molecule has 124 valence electrons. The van der Waals surface area contributed by atoms with E-state index in [1.807, 2.05) is 36.4 Å². The molecule has 4 rings (SSSR count). The summed E-state index contributed by atoms with van der Waals surface area (Å²) in [5.74, 6) is -0.288. The lowest BCUT2D eigenvalue weighted by atomic mass is 10.1. The number of fused-ring (bicyclic) bond motifs is 3. The van der Waals surface area contributed by atoms with Gasteiger partial charge in [0.2, 0.25) is 0 Å². The van der Waals surface area contributed by atoms with Crippen LogP contribution in [0.4, 0.5) is 0 Å². The van der Waals surface area contributed by atoms with E-state index in [0.717, 1.165) is 16.7 Å². The normalized spacial score (nSPS) is 11.1. The number of pyridine rings is 1. The number of benzene rings is 2. The number of hydrogen-bond acceptors (Lipinski definition) is 4. The summed E-state index contributed by atoms with van der Waals surface area (Å²) in [7, 11) is 1.36. The average Bonchev–Trinajstić information content (AvgIpc) is 2.97. The summed E-state index contributed by atoms with van der Waals surface area (Å²) in [4.78, 5) is 16.6. The Bertz CT molecular complexity index is 1080. The van der Waals surface area contributed by atoms with Crippen molar-refractivity contribution in [3.63, 3.8) is 0 Å². The van der Waals surface area contributed by atoms with Crippen molar-refractivity contribution >= 4 is 27.8 Å². The number of phenols is 1. The Morgan fingerprint density at radius 1 is 1.04 bits per heavy atom. The molecule has 2 heterocycles. The molecule has 2 aromatic carbocycles. The number of ether oxygens (including phenoxy) is 1. The number of esters is 1. The summed E-state index contributed by atoms with van der Waals surface area (Å²) in [6.07, 6.45) is 1.75. The number of rotatable bonds is 3. The maximum absolute atomic E-state index is 12.2. The van der Waals surface area contributed by atoms with Crippen LogP contribution in [-0.4, -0.2) is 27.7 Å². The average molecular weight is 332 g/mol. The third-order valence-corrected chi connectivity index (χ3v) is 4.35. The smallest absolute Gasteiger partial charge is 0.338 e. The monoisotopic (exact) mass is 332 g/mol. The second-order valence-electron chi connectivity index (χ2n) is 5.77. The fourth-order valence-corrected chi connectivity index (χ4v) is 3.27. The van der Waals surface area contributed by atoms with Gasteiger partial charge in [0.1, 0.15) is 5.75 Å². The highest BCUT2D eigenvalue weighted by Gasteiger charge is 2.20. The van der Waals surface area contributed by atoms with Gasteiger partial charge in [0.05, 0.1) is 41.3 Å². The Morgan fingerprint density at radius 3 is 2.52 bits per heavy atom. The van der Waals surface area contributed by atoms with Crippen molar-refractivity contribution in [1.29, 1.82) is 0 Å². The molecule has 0 unspecified atom stereocenters. The third kappa shape index (κ3) is 2.41. The Morgan fingerprint density at radius 2 is 1.80 bits per heavy atom. The van der Waals surface area contributed by atoms with Crippen LogP contribution < -0.4 is 0 Å². The van der Waals surface area contributed by atoms with Crippen molar-refractivity contribution in [2.45, 2.75) is 6.54 Å². The topological polar surface area (TPSA) is 64.3 Å². The first-order valence-electron chi connectivity index (χ1n) is 7.92. The van der Waals surface area contributed by atoms with Gasteiger partial charge < -0.3 is 14.4 Å². The van der Waals surface area contributed by atoms with Gasteiger partial charge in [0.15, 0.2) is 0 Å². The van der Waals surface area contributed by atoms with Crippen molar-refractivity contribution in [2.24, 2.45) is 0 Å². The second-order valence-corrected chi connectivity index (χ2v) is 5.77. The zero-order valence-electron chi connectivity index (χ0n) is 13.6. The first-order chi connectivity index (χ1) is 12.2. The third-order valence-electron chi connectivity index (χ3n) is 4.35. The van der Waals surface area contributed by atoms with E-state index >= 15 is 0 Å². The Hall–Kier alpha value is -3.34. The molecule has 0 atom stereocenters. The summed E-state index contributed by atoms with van der Waals surface area (Å²) in [5.41, 5.74) is 3.03. The van der Waals surface area contributed by atoms with Crippen LogP contribution in [0.5, 0.6) is 5.75 Å². The van der Waals surface area contributed by atoms with Gasteiger partial charge in [-0.1, -0.05) is 18.2 Å². The zero-order chi connectivity index (χ0) is 17.4. The van der Waals surface area contributed by atoms with Crippen molar-refractivity contribution < 1.29 is 14.6 Å². The van der Waals surface area contributed by atoms with Gasteiger partial charge >= 0.3 is 5.97 Å². The van der Waals surface area contributed by atoms with Gasteiger partial charge in [-0.05, 0) is 36.4 Å². The fourth-order valence-electron chi connectivity index (χ4n) is 3.27. The summed E-state index contributed by atoms with van der Waals surface area (Å²) < 4.78 is 6.97. The molecule has 0 amide bonds. The van der Waals surface area contributed by atoms with E-state index in [1.54, 1.807) is 24.4 Å². The number of nitrogens with zero attached hydrogens (tertiary/aromatic N) is 2. The number of carbonyl (C=O) groups excluding carboxylic acids is 1. The van der Waals surface area contributed by atoms with Crippen LogP contribution in [0.1, 0.15) is 16.1 Å². The molecule has 0 aliphatic rings. The number of methoxy groups -OCH3 is 1. The van der Waals surface area contributed by atoms with Crippen LogP contribution in [0.3, 0.4) is 0 Å². The molecule has 0 saturated heterocycles. The second kappa shape index (κ2) is 5.94. The molecule has 5 nitrogen and oxygen atoms in total. The predicted octanol–water partition coefficient (Wildman–Crippen LogP) is 3.73. The Kier molecular flexibility index (Phi) is 3.61. The molecule has 0 bridgehead atoms. The molecule has 5 heteroatoms. The summed E-state index contributed by atoms with van der Waals surface area (Å²) in [5, 5.41) is 11.8. The van der Waals surface area contributed by atoms with Crippen molar-refractivity contribution in [3.05, 3.63) is 72.1 Å². The molecule has 1 N–H and O–H groups in total. The van der Waals surface area contributed by atoms with E-state index in [9.17, 15) is 9.90 Å². The molecular weight excluding hydrogens is 316 g/mol. The maximum Gasteiger partial charge on any atom is 0.338 e.